The molecule has 1 fully saturated rings. The summed E-state index contributed by atoms with van der Waals surface area (Å²) in [5, 5.41) is 3.30. The number of hydrogen-bond acceptors (Lipinski definition) is 1. The van der Waals surface area contributed by atoms with Crippen LogP contribution in [0, 0.1) is 12.7 Å². The van der Waals surface area contributed by atoms with Gasteiger partial charge in [-0.1, -0.05) is 42.5 Å². The fourth-order valence-electron chi connectivity index (χ4n) is 2.90. The minimum atomic E-state index is -0.0859. The molecule has 2 aromatic carbocycles. The molecule has 0 aliphatic carbocycles. The Morgan fingerprint density at radius 3 is 2.37 bits per heavy atom. The van der Waals surface area contributed by atoms with E-state index < -0.39 is 0 Å². The zero-order valence-corrected chi connectivity index (χ0v) is 11.1. The lowest BCUT2D eigenvalue weighted by molar-refractivity contribution is 0.265. The first-order valence-electron chi connectivity index (χ1n) is 6.72. The van der Waals surface area contributed by atoms with Crippen LogP contribution in [0.25, 0.3) is 0 Å². The monoisotopic (exact) mass is 255 g/mol. The van der Waals surface area contributed by atoms with E-state index in [4.69, 9.17) is 0 Å². The molecule has 1 aliphatic heterocycles. The summed E-state index contributed by atoms with van der Waals surface area (Å²) in [5.41, 5.74) is 3.35. The van der Waals surface area contributed by atoms with Crippen molar-refractivity contribution in [2.45, 2.75) is 18.8 Å². The van der Waals surface area contributed by atoms with E-state index in [0.717, 1.165) is 25.1 Å². The fraction of sp³-hybridized carbons (Fsp3) is 0.294. The highest BCUT2D eigenvalue weighted by atomic mass is 19.1. The molecule has 0 amide bonds. The molecular formula is C17H18FN. The lowest BCUT2D eigenvalue weighted by Gasteiger charge is -2.44. The first kappa shape index (κ1) is 12.4. The van der Waals surface area contributed by atoms with Gasteiger partial charge in [-0.05, 0) is 36.1 Å². The molecule has 2 heteroatoms. The van der Waals surface area contributed by atoms with E-state index in [1.807, 2.05) is 18.2 Å². The van der Waals surface area contributed by atoms with Crippen LogP contribution in [0.15, 0.2) is 48.5 Å². The van der Waals surface area contributed by atoms with E-state index >= 15 is 0 Å². The van der Waals surface area contributed by atoms with Crippen LogP contribution in [0.4, 0.5) is 4.39 Å². The zero-order valence-electron chi connectivity index (χ0n) is 11.1. The molecule has 0 atom stereocenters. The van der Waals surface area contributed by atoms with E-state index in [9.17, 15) is 4.39 Å². The number of aryl methyl sites for hydroxylation is 1. The Balaban J connectivity index is 1.97. The van der Waals surface area contributed by atoms with Gasteiger partial charge in [0.05, 0.1) is 0 Å². The molecule has 0 unspecified atom stereocenters. The normalized spacial score (nSPS) is 16.9. The van der Waals surface area contributed by atoms with Gasteiger partial charge in [0.25, 0.3) is 0 Å². The molecule has 1 nitrogen and oxygen atoms in total. The van der Waals surface area contributed by atoms with E-state index in [1.165, 1.54) is 11.1 Å². The highest BCUT2D eigenvalue weighted by molar-refractivity contribution is 5.36. The maximum Gasteiger partial charge on any atom is 0.127 e. The lowest BCUT2D eigenvalue weighted by Crippen LogP contribution is -2.58. The second-order valence-corrected chi connectivity index (χ2v) is 5.47. The van der Waals surface area contributed by atoms with Gasteiger partial charge in [-0.25, -0.2) is 4.39 Å². The van der Waals surface area contributed by atoms with E-state index in [-0.39, 0.29) is 11.2 Å². The molecule has 0 radical (unpaired) electrons. The molecule has 0 saturated carbocycles. The first-order valence-corrected chi connectivity index (χ1v) is 6.72. The van der Waals surface area contributed by atoms with Gasteiger partial charge in [-0.3, -0.25) is 0 Å². The smallest absolute Gasteiger partial charge is 0.127 e. The Morgan fingerprint density at radius 1 is 1.05 bits per heavy atom. The predicted molar refractivity (Wildman–Crippen MR) is 75.8 cm³/mol. The minimum absolute atomic E-state index is 0.0856. The second kappa shape index (κ2) is 4.78. The van der Waals surface area contributed by atoms with Crippen LogP contribution in [-0.2, 0) is 11.8 Å². The largest absolute Gasteiger partial charge is 0.315 e. The Morgan fingerprint density at radius 2 is 1.74 bits per heavy atom. The summed E-state index contributed by atoms with van der Waals surface area (Å²) in [6.45, 7) is 3.82. The van der Waals surface area contributed by atoms with Crippen LogP contribution in [0.2, 0.25) is 0 Å². The maximum absolute atomic E-state index is 14.1. The van der Waals surface area contributed by atoms with Gasteiger partial charge in [0, 0.05) is 18.5 Å². The molecule has 1 aliphatic rings. The van der Waals surface area contributed by atoms with Crippen molar-refractivity contribution in [1.29, 1.82) is 0 Å². The second-order valence-electron chi connectivity index (χ2n) is 5.47. The third-order valence-electron chi connectivity index (χ3n) is 4.16. The van der Waals surface area contributed by atoms with Crippen molar-refractivity contribution in [2.75, 3.05) is 13.1 Å². The summed E-state index contributed by atoms with van der Waals surface area (Å²) in [6, 6.07) is 15.5. The molecule has 98 valence electrons. The van der Waals surface area contributed by atoms with Crippen LogP contribution < -0.4 is 5.32 Å². The minimum Gasteiger partial charge on any atom is -0.315 e. The van der Waals surface area contributed by atoms with E-state index in [0.29, 0.717) is 0 Å². The van der Waals surface area contributed by atoms with Crippen molar-refractivity contribution in [3.63, 3.8) is 0 Å². The van der Waals surface area contributed by atoms with Crippen molar-refractivity contribution >= 4 is 0 Å². The van der Waals surface area contributed by atoms with Crippen molar-refractivity contribution in [3.05, 3.63) is 71.0 Å². The van der Waals surface area contributed by atoms with Crippen molar-refractivity contribution < 1.29 is 4.39 Å². The van der Waals surface area contributed by atoms with Crippen LogP contribution in [0.3, 0.4) is 0 Å². The number of halogens is 1. The van der Waals surface area contributed by atoms with E-state index in [1.54, 1.807) is 12.1 Å². The van der Waals surface area contributed by atoms with Gasteiger partial charge in [-0.15, -0.1) is 0 Å². The summed E-state index contributed by atoms with van der Waals surface area (Å²) in [5.74, 6) is -0.0856. The molecular weight excluding hydrogens is 237 g/mol. The Hall–Kier alpha value is -1.67. The fourth-order valence-corrected chi connectivity index (χ4v) is 2.90. The zero-order chi connectivity index (χ0) is 13.3. The maximum atomic E-state index is 14.1. The number of nitrogens with one attached hydrogen (secondary N) is 1. The highest BCUT2D eigenvalue weighted by Gasteiger charge is 2.40. The topological polar surface area (TPSA) is 12.0 Å². The van der Waals surface area contributed by atoms with Crippen molar-refractivity contribution in [1.82, 2.24) is 5.32 Å². The Labute approximate surface area is 113 Å². The number of rotatable bonds is 3. The third kappa shape index (κ3) is 2.17. The quantitative estimate of drug-likeness (QED) is 0.888. The van der Waals surface area contributed by atoms with Gasteiger partial charge in [-0.2, -0.15) is 0 Å². The molecule has 3 rings (SSSR count). The average molecular weight is 255 g/mol. The molecule has 1 N–H and O–H groups in total. The first-order chi connectivity index (χ1) is 9.21. The predicted octanol–water partition coefficient (Wildman–Crippen LogP) is 3.22. The van der Waals surface area contributed by atoms with Gasteiger partial charge >= 0.3 is 0 Å². The van der Waals surface area contributed by atoms with Gasteiger partial charge in [0.1, 0.15) is 5.82 Å². The van der Waals surface area contributed by atoms with Crippen LogP contribution >= 0.6 is 0 Å². The van der Waals surface area contributed by atoms with Gasteiger partial charge in [0.15, 0.2) is 0 Å². The SMILES string of the molecule is Cc1ccccc1CC1(c2ccccc2F)CNC1. The average Bonchev–Trinajstić information content (AvgIpc) is 2.37. The van der Waals surface area contributed by atoms with E-state index in [2.05, 4.69) is 30.4 Å². The van der Waals surface area contributed by atoms with Crippen LogP contribution in [-0.4, -0.2) is 13.1 Å². The number of benzene rings is 2. The van der Waals surface area contributed by atoms with Crippen molar-refractivity contribution in [3.8, 4) is 0 Å². The molecule has 2 aromatic rings. The Bertz CT molecular complexity index is 587. The molecule has 0 aromatic heterocycles. The summed E-state index contributed by atoms with van der Waals surface area (Å²) in [7, 11) is 0. The molecule has 1 saturated heterocycles. The van der Waals surface area contributed by atoms with Crippen molar-refractivity contribution in [2.24, 2.45) is 0 Å². The highest BCUT2D eigenvalue weighted by Crippen LogP contribution is 2.34. The van der Waals surface area contributed by atoms with Crippen LogP contribution in [0.1, 0.15) is 16.7 Å². The molecule has 0 spiro atoms. The van der Waals surface area contributed by atoms with Gasteiger partial charge in [0.2, 0.25) is 0 Å². The summed E-state index contributed by atoms with van der Waals surface area (Å²) >= 11 is 0. The third-order valence-corrected chi connectivity index (χ3v) is 4.16. The lowest BCUT2D eigenvalue weighted by atomic mass is 9.70. The molecule has 19 heavy (non-hydrogen) atoms. The number of hydrogen-bond donors (Lipinski definition) is 1. The molecule has 1 heterocycles. The Kier molecular flexibility index (Phi) is 3.11. The molecule has 0 bridgehead atoms. The standard InChI is InChI=1S/C17H18FN/c1-13-6-2-3-7-14(13)10-17(11-19-12-17)15-8-4-5-9-16(15)18/h2-9,19H,10-12H2,1H3. The summed E-state index contributed by atoms with van der Waals surface area (Å²) < 4.78 is 14.1. The van der Waals surface area contributed by atoms with Crippen LogP contribution in [0.5, 0.6) is 0 Å². The van der Waals surface area contributed by atoms with Gasteiger partial charge < -0.3 is 5.32 Å². The summed E-state index contributed by atoms with van der Waals surface area (Å²) in [4.78, 5) is 0. The summed E-state index contributed by atoms with van der Waals surface area (Å²) in [6.07, 6.45) is 0.896.